The number of rotatable bonds is 4. The summed E-state index contributed by atoms with van der Waals surface area (Å²) in [4.78, 5) is 33.4. The molecule has 0 aliphatic carbocycles. The molecule has 1 aromatic carbocycles. The van der Waals surface area contributed by atoms with Gasteiger partial charge in [-0.15, -0.1) is 0 Å². The molecule has 2 amide bonds. The Balaban J connectivity index is 1.63. The van der Waals surface area contributed by atoms with Crippen LogP contribution in [-0.2, 0) is 4.79 Å². The average molecular weight is 325 g/mol. The molecule has 1 saturated heterocycles. The monoisotopic (exact) mass is 325 g/mol. The summed E-state index contributed by atoms with van der Waals surface area (Å²) < 4.78 is 0. The number of benzene rings is 1. The van der Waals surface area contributed by atoms with Gasteiger partial charge < -0.3 is 15.5 Å². The molecule has 0 spiro atoms. The number of carbonyl (C=O) groups is 2. The smallest absolute Gasteiger partial charge is 0.256 e. The van der Waals surface area contributed by atoms with Gasteiger partial charge in [0, 0.05) is 43.8 Å². The number of carbonyl (C=O) groups excluding carboxylic acids is 2. The van der Waals surface area contributed by atoms with Crippen LogP contribution in [0.5, 0.6) is 0 Å². The van der Waals surface area contributed by atoms with E-state index in [4.69, 9.17) is 0 Å². The zero-order valence-electron chi connectivity index (χ0n) is 13.5. The second-order valence-electron chi connectivity index (χ2n) is 5.68. The Bertz CT molecular complexity index is 722. The topological polar surface area (TPSA) is 87.2 Å². The average Bonchev–Trinajstić information content (AvgIpc) is 3.11. The molecule has 0 bridgehead atoms. The van der Waals surface area contributed by atoms with E-state index in [9.17, 15) is 9.59 Å². The number of amides is 2. The van der Waals surface area contributed by atoms with Gasteiger partial charge in [-0.25, -0.2) is 9.97 Å². The van der Waals surface area contributed by atoms with Crippen molar-refractivity contribution in [3.05, 3.63) is 42.2 Å². The van der Waals surface area contributed by atoms with Crippen molar-refractivity contribution in [1.82, 2.24) is 14.9 Å². The van der Waals surface area contributed by atoms with Gasteiger partial charge in [-0.2, -0.15) is 0 Å². The molecule has 0 radical (unpaired) electrons. The van der Waals surface area contributed by atoms with Gasteiger partial charge in [-0.05, 0) is 37.1 Å². The number of likely N-dealkylation sites (tertiary alicyclic amines) is 1. The molecule has 0 saturated carbocycles. The summed E-state index contributed by atoms with van der Waals surface area (Å²) in [5, 5.41) is 5.76. The molecule has 24 heavy (non-hydrogen) atoms. The zero-order valence-corrected chi connectivity index (χ0v) is 13.5. The van der Waals surface area contributed by atoms with Crippen LogP contribution < -0.4 is 10.6 Å². The molecule has 0 unspecified atom stereocenters. The third-order valence-corrected chi connectivity index (χ3v) is 3.75. The van der Waals surface area contributed by atoms with Crippen LogP contribution in [0.4, 0.5) is 17.3 Å². The molecule has 3 rings (SSSR count). The number of anilines is 3. The number of nitrogens with zero attached hydrogens (tertiary/aromatic N) is 3. The number of hydrogen-bond donors (Lipinski definition) is 2. The van der Waals surface area contributed by atoms with Crippen LogP contribution in [0.1, 0.15) is 30.1 Å². The van der Waals surface area contributed by atoms with Gasteiger partial charge in [0.2, 0.25) is 11.9 Å². The summed E-state index contributed by atoms with van der Waals surface area (Å²) in [7, 11) is 0. The fourth-order valence-electron chi connectivity index (χ4n) is 2.58. The summed E-state index contributed by atoms with van der Waals surface area (Å²) >= 11 is 0. The SMILES string of the molecule is CC(=O)Nc1ccc(Nc2ncc(C(=O)N3CCCC3)cn2)cc1. The minimum Gasteiger partial charge on any atom is -0.339 e. The van der Waals surface area contributed by atoms with Crippen molar-refractivity contribution in [2.24, 2.45) is 0 Å². The van der Waals surface area contributed by atoms with E-state index in [0.717, 1.165) is 37.3 Å². The first-order chi connectivity index (χ1) is 11.6. The lowest BCUT2D eigenvalue weighted by molar-refractivity contribution is -0.114. The maximum atomic E-state index is 12.2. The highest BCUT2D eigenvalue weighted by Crippen LogP contribution is 2.17. The first kappa shape index (κ1) is 15.9. The van der Waals surface area contributed by atoms with Crippen LogP contribution in [0.3, 0.4) is 0 Å². The number of nitrogens with one attached hydrogen (secondary N) is 2. The van der Waals surface area contributed by atoms with Crippen LogP contribution in [0.15, 0.2) is 36.7 Å². The second kappa shape index (κ2) is 7.08. The minimum absolute atomic E-state index is 0.0151. The first-order valence-corrected chi connectivity index (χ1v) is 7.88. The van der Waals surface area contributed by atoms with Gasteiger partial charge in [0.05, 0.1) is 5.56 Å². The van der Waals surface area contributed by atoms with Crippen molar-refractivity contribution in [3.63, 3.8) is 0 Å². The summed E-state index contributed by atoms with van der Waals surface area (Å²) in [5.41, 5.74) is 2.02. The highest BCUT2D eigenvalue weighted by Gasteiger charge is 2.19. The zero-order chi connectivity index (χ0) is 16.9. The normalized spacial score (nSPS) is 13.6. The van der Waals surface area contributed by atoms with Crippen LogP contribution in [0, 0.1) is 0 Å². The molecule has 7 nitrogen and oxygen atoms in total. The Morgan fingerprint density at radius 3 is 2.17 bits per heavy atom. The highest BCUT2D eigenvalue weighted by atomic mass is 16.2. The van der Waals surface area contributed by atoms with E-state index in [1.54, 1.807) is 24.5 Å². The van der Waals surface area contributed by atoms with E-state index >= 15 is 0 Å². The molecule has 2 N–H and O–H groups in total. The third kappa shape index (κ3) is 3.87. The Labute approximate surface area is 140 Å². The predicted molar refractivity (Wildman–Crippen MR) is 91.2 cm³/mol. The van der Waals surface area contributed by atoms with E-state index in [0.29, 0.717) is 11.5 Å². The lowest BCUT2D eigenvalue weighted by Gasteiger charge is -2.14. The molecule has 2 aromatic rings. The minimum atomic E-state index is -0.114. The molecule has 1 aromatic heterocycles. The largest absolute Gasteiger partial charge is 0.339 e. The summed E-state index contributed by atoms with van der Waals surface area (Å²) in [6.45, 7) is 3.07. The summed E-state index contributed by atoms with van der Waals surface area (Å²) in [6, 6.07) is 7.21. The molecule has 1 aliphatic heterocycles. The molecule has 124 valence electrons. The van der Waals surface area contributed by atoms with Gasteiger partial charge in [-0.1, -0.05) is 0 Å². The molecular formula is C17H19N5O2. The van der Waals surface area contributed by atoms with Crippen molar-refractivity contribution in [2.75, 3.05) is 23.7 Å². The van der Waals surface area contributed by atoms with Gasteiger partial charge in [0.1, 0.15) is 0 Å². The van der Waals surface area contributed by atoms with Crippen LogP contribution in [-0.4, -0.2) is 39.8 Å². The summed E-state index contributed by atoms with van der Waals surface area (Å²) in [5.74, 6) is 0.288. The van der Waals surface area contributed by atoms with E-state index < -0.39 is 0 Å². The Kier molecular flexibility index (Phi) is 4.69. The molecule has 1 aliphatic rings. The maximum absolute atomic E-state index is 12.2. The van der Waals surface area contributed by atoms with Crippen molar-refractivity contribution in [2.45, 2.75) is 19.8 Å². The van der Waals surface area contributed by atoms with Gasteiger partial charge in [-0.3, -0.25) is 9.59 Å². The van der Waals surface area contributed by atoms with Gasteiger partial charge in [0.15, 0.2) is 0 Å². The fraction of sp³-hybridized carbons (Fsp3) is 0.294. The van der Waals surface area contributed by atoms with Crippen molar-refractivity contribution >= 4 is 29.1 Å². The molecule has 7 heteroatoms. The number of aromatic nitrogens is 2. The molecule has 0 atom stereocenters. The van der Waals surface area contributed by atoms with Gasteiger partial charge in [0.25, 0.3) is 5.91 Å². The lowest BCUT2D eigenvalue weighted by Crippen LogP contribution is -2.27. The number of hydrogen-bond acceptors (Lipinski definition) is 5. The second-order valence-corrected chi connectivity index (χ2v) is 5.68. The van der Waals surface area contributed by atoms with E-state index in [1.807, 2.05) is 17.0 Å². The quantitative estimate of drug-likeness (QED) is 0.901. The highest BCUT2D eigenvalue weighted by molar-refractivity contribution is 5.94. The van der Waals surface area contributed by atoms with E-state index in [2.05, 4.69) is 20.6 Å². The Morgan fingerprint density at radius 1 is 1.00 bits per heavy atom. The molecule has 1 fully saturated rings. The third-order valence-electron chi connectivity index (χ3n) is 3.75. The van der Waals surface area contributed by atoms with E-state index in [-0.39, 0.29) is 11.8 Å². The van der Waals surface area contributed by atoms with E-state index in [1.165, 1.54) is 6.92 Å². The van der Waals surface area contributed by atoms with Crippen LogP contribution >= 0.6 is 0 Å². The van der Waals surface area contributed by atoms with Crippen LogP contribution in [0.2, 0.25) is 0 Å². The maximum Gasteiger partial charge on any atom is 0.256 e. The first-order valence-electron chi connectivity index (χ1n) is 7.88. The Morgan fingerprint density at radius 2 is 1.58 bits per heavy atom. The summed E-state index contributed by atoms with van der Waals surface area (Å²) in [6.07, 6.45) is 5.20. The fourth-order valence-corrected chi connectivity index (χ4v) is 2.58. The van der Waals surface area contributed by atoms with Crippen molar-refractivity contribution in [3.8, 4) is 0 Å². The predicted octanol–water partition coefficient (Wildman–Crippen LogP) is 2.41. The van der Waals surface area contributed by atoms with Gasteiger partial charge >= 0.3 is 0 Å². The van der Waals surface area contributed by atoms with Crippen molar-refractivity contribution < 1.29 is 9.59 Å². The molecule has 2 heterocycles. The molecular weight excluding hydrogens is 306 g/mol. The lowest BCUT2D eigenvalue weighted by atomic mass is 10.3. The van der Waals surface area contributed by atoms with Crippen molar-refractivity contribution in [1.29, 1.82) is 0 Å². The standard InChI is InChI=1S/C17H19N5O2/c1-12(23)20-14-4-6-15(7-5-14)21-17-18-10-13(11-19-17)16(24)22-8-2-3-9-22/h4-7,10-11H,2-3,8-9H2,1H3,(H,20,23)(H,18,19,21). The Hall–Kier alpha value is -2.96. The van der Waals surface area contributed by atoms with Crippen LogP contribution in [0.25, 0.3) is 0 Å².